The van der Waals surface area contributed by atoms with Gasteiger partial charge in [0.1, 0.15) is 0 Å². The summed E-state index contributed by atoms with van der Waals surface area (Å²) in [5.41, 5.74) is 1.66. The van der Waals surface area contributed by atoms with Crippen molar-refractivity contribution >= 4 is 51.7 Å². The Kier molecular flexibility index (Phi) is 5.19. The van der Waals surface area contributed by atoms with Gasteiger partial charge in [0.25, 0.3) is 11.8 Å². The van der Waals surface area contributed by atoms with E-state index in [1.807, 2.05) is 0 Å². The molecule has 6 heteroatoms. The quantitative estimate of drug-likeness (QED) is 0.755. The fourth-order valence-corrected chi connectivity index (χ4v) is 2.47. The minimum Gasteiger partial charge on any atom is -0.355 e. The minimum atomic E-state index is -0.241. The van der Waals surface area contributed by atoms with Crippen LogP contribution in [0.25, 0.3) is 0 Å². The lowest BCUT2D eigenvalue weighted by Crippen LogP contribution is -2.18. The van der Waals surface area contributed by atoms with Crippen LogP contribution < -0.4 is 10.6 Å². The first-order valence-electron chi connectivity index (χ1n) is 6.10. The van der Waals surface area contributed by atoms with Gasteiger partial charge in [-0.1, -0.05) is 11.6 Å². The van der Waals surface area contributed by atoms with Crippen LogP contribution in [0, 0.1) is 3.57 Å². The standard InChI is InChI=1S/C15H12ClIN2O2/c1-18-14(20)9-2-5-11(6-3-9)19-15(21)12-8-10(16)4-7-13(12)17/h2-8H,1H3,(H,18,20)(H,19,21). The maximum Gasteiger partial charge on any atom is 0.256 e. The van der Waals surface area contributed by atoms with Crippen molar-refractivity contribution in [1.29, 1.82) is 0 Å². The van der Waals surface area contributed by atoms with Crippen LogP contribution in [0.4, 0.5) is 5.69 Å². The maximum atomic E-state index is 12.2. The number of anilines is 1. The van der Waals surface area contributed by atoms with E-state index in [4.69, 9.17) is 11.6 Å². The summed E-state index contributed by atoms with van der Waals surface area (Å²) in [6, 6.07) is 11.8. The summed E-state index contributed by atoms with van der Waals surface area (Å²) in [5, 5.41) is 5.83. The number of amides is 2. The van der Waals surface area contributed by atoms with Crippen LogP contribution >= 0.6 is 34.2 Å². The topological polar surface area (TPSA) is 58.2 Å². The molecular weight excluding hydrogens is 403 g/mol. The zero-order chi connectivity index (χ0) is 15.4. The van der Waals surface area contributed by atoms with Gasteiger partial charge in [0.15, 0.2) is 0 Å². The van der Waals surface area contributed by atoms with Crippen molar-refractivity contribution in [2.24, 2.45) is 0 Å². The van der Waals surface area contributed by atoms with Crippen LogP contribution in [-0.2, 0) is 0 Å². The third-order valence-corrected chi connectivity index (χ3v) is 3.98. The van der Waals surface area contributed by atoms with Gasteiger partial charge in [-0.15, -0.1) is 0 Å². The van der Waals surface area contributed by atoms with Gasteiger partial charge in [0.05, 0.1) is 5.56 Å². The van der Waals surface area contributed by atoms with Crippen molar-refractivity contribution in [3.63, 3.8) is 0 Å². The van der Waals surface area contributed by atoms with Gasteiger partial charge in [0, 0.05) is 26.9 Å². The Morgan fingerprint density at radius 3 is 2.33 bits per heavy atom. The molecule has 0 aliphatic carbocycles. The molecule has 0 bridgehead atoms. The molecule has 0 heterocycles. The number of benzene rings is 2. The van der Waals surface area contributed by atoms with Gasteiger partial charge in [-0.3, -0.25) is 9.59 Å². The molecule has 0 radical (unpaired) electrons. The van der Waals surface area contributed by atoms with Crippen molar-refractivity contribution in [1.82, 2.24) is 5.32 Å². The summed E-state index contributed by atoms with van der Waals surface area (Å²) in [6.45, 7) is 0. The molecule has 0 atom stereocenters. The molecule has 0 saturated carbocycles. The van der Waals surface area contributed by atoms with E-state index in [-0.39, 0.29) is 11.8 Å². The highest BCUT2D eigenvalue weighted by Gasteiger charge is 2.11. The van der Waals surface area contributed by atoms with Gasteiger partial charge < -0.3 is 10.6 Å². The number of hydrogen-bond donors (Lipinski definition) is 2. The van der Waals surface area contributed by atoms with Crippen LogP contribution in [0.5, 0.6) is 0 Å². The van der Waals surface area contributed by atoms with Crippen LogP contribution in [0.15, 0.2) is 42.5 Å². The van der Waals surface area contributed by atoms with Crippen LogP contribution in [0.2, 0.25) is 5.02 Å². The van der Waals surface area contributed by atoms with E-state index >= 15 is 0 Å². The molecule has 2 aromatic rings. The number of carbonyl (C=O) groups is 2. The molecular formula is C15H12ClIN2O2. The fraction of sp³-hybridized carbons (Fsp3) is 0.0667. The first-order valence-corrected chi connectivity index (χ1v) is 7.55. The zero-order valence-corrected chi connectivity index (χ0v) is 14.0. The molecule has 0 aromatic heterocycles. The Morgan fingerprint density at radius 2 is 1.71 bits per heavy atom. The lowest BCUT2D eigenvalue weighted by atomic mass is 10.1. The van der Waals surface area contributed by atoms with Crippen molar-refractivity contribution in [2.75, 3.05) is 12.4 Å². The SMILES string of the molecule is CNC(=O)c1ccc(NC(=O)c2cc(Cl)ccc2I)cc1. The second kappa shape index (κ2) is 6.91. The normalized spacial score (nSPS) is 10.0. The summed E-state index contributed by atoms with van der Waals surface area (Å²) < 4.78 is 0.816. The third kappa shape index (κ3) is 3.95. The van der Waals surface area contributed by atoms with Crippen molar-refractivity contribution < 1.29 is 9.59 Å². The minimum absolute atomic E-state index is 0.169. The largest absolute Gasteiger partial charge is 0.355 e. The van der Waals surface area contributed by atoms with Crippen LogP contribution in [0.3, 0.4) is 0 Å². The Bertz CT molecular complexity index is 687. The highest BCUT2D eigenvalue weighted by molar-refractivity contribution is 14.1. The molecule has 0 aliphatic heterocycles. The third-order valence-electron chi connectivity index (χ3n) is 2.81. The predicted molar refractivity (Wildman–Crippen MR) is 92.0 cm³/mol. The maximum absolute atomic E-state index is 12.2. The lowest BCUT2D eigenvalue weighted by molar-refractivity contribution is 0.0962. The summed E-state index contributed by atoms with van der Waals surface area (Å²) in [7, 11) is 1.57. The first kappa shape index (κ1) is 15.8. The molecule has 0 fully saturated rings. The van der Waals surface area contributed by atoms with Gasteiger partial charge >= 0.3 is 0 Å². The lowest BCUT2D eigenvalue weighted by Gasteiger charge is -2.08. The average molecular weight is 415 g/mol. The molecule has 108 valence electrons. The molecule has 0 saturated heterocycles. The summed E-state index contributed by atoms with van der Waals surface area (Å²) >= 11 is 7.99. The molecule has 21 heavy (non-hydrogen) atoms. The van der Waals surface area contributed by atoms with Gasteiger partial charge in [0.2, 0.25) is 0 Å². The summed E-state index contributed by atoms with van der Waals surface area (Å²) in [4.78, 5) is 23.6. The summed E-state index contributed by atoms with van der Waals surface area (Å²) in [6.07, 6.45) is 0. The molecule has 0 spiro atoms. The second-order valence-corrected chi connectivity index (χ2v) is 5.83. The Morgan fingerprint density at radius 1 is 1.05 bits per heavy atom. The smallest absolute Gasteiger partial charge is 0.256 e. The molecule has 2 amide bonds. The first-order chi connectivity index (χ1) is 10.0. The average Bonchev–Trinajstić information content (AvgIpc) is 2.49. The Labute approximate surface area is 141 Å². The number of hydrogen-bond acceptors (Lipinski definition) is 2. The van der Waals surface area contributed by atoms with E-state index in [0.29, 0.717) is 21.8 Å². The highest BCUT2D eigenvalue weighted by atomic mass is 127. The molecule has 4 nitrogen and oxygen atoms in total. The second-order valence-electron chi connectivity index (χ2n) is 4.23. The van der Waals surface area contributed by atoms with Crippen molar-refractivity contribution in [3.05, 3.63) is 62.2 Å². The van der Waals surface area contributed by atoms with E-state index in [2.05, 4.69) is 33.2 Å². The van der Waals surface area contributed by atoms with E-state index in [1.165, 1.54) is 0 Å². The number of carbonyl (C=O) groups excluding carboxylic acids is 2. The van der Waals surface area contributed by atoms with Crippen LogP contribution in [0.1, 0.15) is 20.7 Å². The molecule has 0 unspecified atom stereocenters. The summed E-state index contributed by atoms with van der Waals surface area (Å²) in [5.74, 6) is -0.410. The highest BCUT2D eigenvalue weighted by Crippen LogP contribution is 2.19. The van der Waals surface area contributed by atoms with Crippen molar-refractivity contribution in [2.45, 2.75) is 0 Å². The number of nitrogens with one attached hydrogen (secondary N) is 2. The van der Waals surface area contributed by atoms with Crippen LogP contribution in [-0.4, -0.2) is 18.9 Å². The van der Waals surface area contributed by atoms with E-state index < -0.39 is 0 Å². The van der Waals surface area contributed by atoms with Gasteiger partial charge in [-0.05, 0) is 65.1 Å². The molecule has 2 N–H and O–H groups in total. The monoisotopic (exact) mass is 414 g/mol. The van der Waals surface area contributed by atoms with Gasteiger partial charge in [-0.2, -0.15) is 0 Å². The Hall–Kier alpha value is -1.60. The number of rotatable bonds is 3. The Balaban J connectivity index is 2.16. The van der Waals surface area contributed by atoms with Crippen molar-refractivity contribution in [3.8, 4) is 0 Å². The fourth-order valence-electron chi connectivity index (χ4n) is 1.72. The predicted octanol–water partition coefficient (Wildman–Crippen LogP) is 3.56. The van der Waals surface area contributed by atoms with E-state index in [0.717, 1.165) is 3.57 Å². The molecule has 0 aliphatic rings. The van der Waals surface area contributed by atoms with E-state index in [9.17, 15) is 9.59 Å². The molecule has 2 aromatic carbocycles. The zero-order valence-electron chi connectivity index (χ0n) is 11.1. The van der Waals surface area contributed by atoms with Gasteiger partial charge in [-0.25, -0.2) is 0 Å². The molecule has 2 rings (SSSR count). The van der Waals surface area contributed by atoms with E-state index in [1.54, 1.807) is 49.5 Å². The number of halogens is 2.